The molecule has 2 N–H and O–H groups in total. The minimum absolute atomic E-state index is 0.0185. The molecule has 0 amide bonds. The number of carboxylic acids is 1. The first kappa shape index (κ1) is 13.8. The largest absolute Gasteiger partial charge is 0.506 e. The molecule has 1 heterocycles. The fraction of sp³-hybridized carbons (Fsp3) is 0.214. The van der Waals surface area contributed by atoms with Gasteiger partial charge in [-0.15, -0.1) is 0 Å². The zero-order valence-electron chi connectivity index (χ0n) is 11.1. The van der Waals surface area contributed by atoms with Gasteiger partial charge in [-0.05, 0) is 26.8 Å². The van der Waals surface area contributed by atoms with Crippen molar-refractivity contribution in [2.45, 2.75) is 20.8 Å². The Balaban J connectivity index is 3.07. The number of furan rings is 1. The maximum atomic E-state index is 11.7. The fourth-order valence-electron chi connectivity index (χ4n) is 2.24. The quantitative estimate of drug-likeness (QED) is 0.834. The van der Waals surface area contributed by atoms with E-state index in [2.05, 4.69) is 0 Å². The summed E-state index contributed by atoms with van der Waals surface area (Å²) in [5.74, 6) is -2.66. The van der Waals surface area contributed by atoms with Crippen LogP contribution in [0.5, 0.6) is 5.75 Å². The lowest BCUT2D eigenvalue weighted by atomic mass is 9.96. The van der Waals surface area contributed by atoms with Crippen molar-refractivity contribution in [1.82, 2.24) is 0 Å². The molecule has 6 nitrogen and oxygen atoms in total. The molecule has 1 aromatic heterocycles. The molecule has 0 radical (unpaired) electrons. The Bertz CT molecular complexity index is 766. The van der Waals surface area contributed by atoms with Crippen LogP contribution >= 0.6 is 0 Å². The number of carbonyl (C=O) groups excluding carboxylic acids is 2. The van der Waals surface area contributed by atoms with Gasteiger partial charge >= 0.3 is 5.97 Å². The Hall–Kier alpha value is -2.63. The van der Waals surface area contributed by atoms with Gasteiger partial charge in [-0.25, -0.2) is 4.79 Å². The Morgan fingerprint density at radius 3 is 2.15 bits per heavy atom. The molecule has 20 heavy (non-hydrogen) atoms. The molecular weight excluding hydrogens is 264 g/mol. The highest BCUT2D eigenvalue weighted by Gasteiger charge is 2.27. The van der Waals surface area contributed by atoms with Crippen LogP contribution < -0.4 is 0 Å². The van der Waals surface area contributed by atoms with Crippen molar-refractivity contribution in [3.8, 4) is 5.75 Å². The van der Waals surface area contributed by atoms with Gasteiger partial charge in [0.15, 0.2) is 11.6 Å². The molecule has 0 saturated carbocycles. The van der Waals surface area contributed by atoms with Crippen LogP contribution in [0.3, 0.4) is 0 Å². The molecule has 104 valence electrons. The van der Waals surface area contributed by atoms with E-state index in [1.54, 1.807) is 0 Å². The first-order valence-electron chi connectivity index (χ1n) is 5.80. The lowest BCUT2D eigenvalue weighted by Crippen LogP contribution is -2.04. The van der Waals surface area contributed by atoms with E-state index < -0.39 is 23.3 Å². The normalized spacial score (nSPS) is 10.8. The number of rotatable bonds is 3. The lowest BCUT2D eigenvalue weighted by Gasteiger charge is -2.07. The van der Waals surface area contributed by atoms with Gasteiger partial charge in [0.25, 0.3) is 0 Å². The minimum atomic E-state index is -1.27. The fourth-order valence-corrected chi connectivity index (χ4v) is 2.24. The number of phenols is 1. The van der Waals surface area contributed by atoms with Crippen LogP contribution in [-0.2, 0) is 0 Å². The second-order valence-electron chi connectivity index (χ2n) is 4.47. The number of Topliss-reactive ketones (excluding diaryl/α,β-unsaturated/α-hetero) is 2. The third kappa shape index (κ3) is 1.85. The average Bonchev–Trinajstić information content (AvgIpc) is 2.62. The first-order chi connectivity index (χ1) is 9.25. The third-order valence-electron chi connectivity index (χ3n) is 3.07. The Labute approximate surface area is 113 Å². The predicted octanol–water partition coefficient (Wildman–Crippen LogP) is 2.55. The summed E-state index contributed by atoms with van der Waals surface area (Å²) in [4.78, 5) is 34.5. The number of aromatic hydroxyl groups is 1. The molecule has 0 atom stereocenters. The van der Waals surface area contributed by atoms with Crippen molar-refractivity contribution in [3.05, 3.63) is 28.5 Å². The molecule has 0 aliphatic rings. The maximum Gasteiger partial charge on any atom is 0.339 e. The molecule has 0 fully saturated rings. The van der Waals surface area contributed by atoms with E-state index in [9.17, 15) is 24.6 Å². The van der Waals surface area contributed by atoms with Crippen LogP contribution in [-0.4, -0.2) is 27.7 Å². The summed E-state index contributed by atoms with van der Waals surface area (Å²) < 4.78 is 5.30. The van der Waals surface area contributed by atoms with Crippen LogP contribution in [0.25, 0.3) is 11.0 Å². The smallest absolute Gasteiger partial charge is 0.339 e. The zero-order valence-corrected chi connectivity index (χ0v) is 11.1. The Morgan fingerprint density at radius 2 is 1.70 bits per heavy atom. The number of hydrogen-bond acceptors (Lipinski definition) is 5. The van der Waals surface area contributed by atoms with Crippen molar-refractivity contribution in [3.63, 3.8) is 0 Å². The van der Waals surface area contributed by atoms with Gasteiger partial charge in [0.05, 0.1) is 11.1 Å². The van der Waals surface area contributed by atoms with Gasteiger partial charge in [-0.1, -0.05) is 0 Å². The van der Waals surface area contributed by atoms with Crippen molar-refractivity contribution in [2.75, 3.05) is 0 Å². The molecular formula is C14H12O6. The number of aromatic carboxylic acids is 1. The number of aryl methyl sites for hydroxylation is 1. The van der Waals surface area contributed by atoms with Crippen LogP contribution in [0.4, 0.5) is 0 Å². The lowest BCUT2D eigenvalue weighted by molar-refractivity contribution is 0.0696. The number of carbonyl (C=O) groups is 3. The number of benzene rings is 1. The van der Waals surface area contributed by atoms with E-state index in [1.165, 1.54) is 26.8 Å². The van der Waals surface area contributed by atoms with Crippen molar-refractivity contribution in [2.24, 2.45) is 0 Å². The molecule has 0 saturated heterocycles. The second kappa shape index (κ2) is 4.48. The molecule has 0 aliphatic carbocycles. The van der Waals surface area contributed by atoms with Crippen LogP contribution in [0, 0.1) is 6.92 Å². The summed E-state index contributed by atoms with van der Waals surface area (Å²) in [7, 11) is 0. The van der Waals surface area contributed by atoms with Crippen LogP contribution in [0.1, 0.15) is 50.7 Å². The molecule has 1 aromatic carbocycles. The number of phenolic OH excluding ortho intramolecular Hbond substituents is 1. The second-order valence-corrected chi connectivity index (χ2v) is 4.47. The van der Waals surface area contributed by atoms with Crippen molar-refractivity contribution < 1.29 is 29.0 Å². The Kier molecular flexibility index (Phi) is 3.09. The van der Waals surface area contributed by atoms with Gasteiger partial charge < -0.3 is 14.6 Å². The van der Waals surface area contributed by atoms with E-state index >= 15 is 0 Å². The van der Waals surface area contributed by atoms with Gasteiger partial charge in [0.1, 0.15) is 22.7 Å². The van der Waals surface area contributed by atoms with E-state index in [0.29, 0.717) is 0 Å². The number of hydrogen-bond donors (Lipinski definition) is 2. The number of carboxylic acid groups (broad SMARTS) is 1. The highest BCUT2D eigenvalue weighted by atomic mass is 16.4. The van der Waals surface area contributed by atoms with E-state index in [0.717, 1.165) is 0 Å². The van der Waals surface area contributed by atoms with Crippen molar-refractivity contribution in [1.29, 1.82) is 0 Å². The standard InChI is InChI=1S/C14H12O6/c1-5(15)8-4-9-12(10(6(2)16)13(8)17)11(14(18)19)7(3)20-9/h4,17H,1-3H3,(H,18,19). The highest BCUT2D eigenvalue weighted by Crippen LogP contribution is 2.37. The van der Waals surface area contributed by atoms with E-state index in [4.69, 9.17) is 4.42 Å². The molecule has 0 unspecified atom stereocenters. The number of ketones is 2. The third-order valence-corrected chi connectivity index (χ3v) is 3.07. The van der Waals surface area contributed by atoms with Gasteiger partial charge in [0.2, 0.25) is 0 Å². The predicted molar refractivity (Wildman–Crippen MR) is 69.6 cm³/mol. The van der Waals surface area contributed by atoms with Crippen LogP contribution in [0.15, 0.2) is 10.5 Å². The van der Waals surface area contributed by atoms with E-state index in [1.807, 2.05) is 0 Å². The SMILES string of the molecule is CC(=O)c1cc2oc(C)c(C(=O)O)c2c(C(C)=O)c1O. The van der Waals surface area contributed by atoms with Gasteiger partial charge in [0, 0.05) is 5.39 Å². The van der Waals surface area contributed by atoms with E-state index in [-0.39, 0.29) is 33.4 Å². The summed E-state index contributed by atoms with van der Waals surface area (Å²) in [6, 6.07) is 1.25. The number of fused-ring (bicyclic) bond motifs is 1. The Morgan fingerprint density at radius 1 is 1.10 bits per heavy atom. The van der Waals surface area contributed by atoms with Crippen molar-refractivity contribution >= 4 is 28.5 Å². The van der Waals surface area contributed by atoms with Gasteiger partial charge in [-0.3, -0.25) is 9.59 Å². The summed E-state index contributed by atoms with van der Waals surface area (Å²) in [5, 5.41) is 19.3. The minimum Gasteiger partial charge on any atom is -0.506 e. The average molecular weight is 276 g/mol. The molecule has 0 aliphatic heterocycles. The summed E-state index contributed by atoms with van der Waals surface area (Å²) in [6.07, 6.45) is 0. The zero-order chi connectivity index (χ0) is 15.2. The summed E-state index contributed by atoms with van der Waals surface area (Å²) in [5.41, 5.74) is -0.376. The molecule has 2 aromatic rings. The van der Waals surface area contributed by atoms with Gasteiger partial charge in [-0.2, -0.15) is 0 Å². The molecule has 2 rings (SSSR count). The molecule has 6 heteroatoms. The highest BCUT2D eigenvalue weighted by molar-refractivity contribution is 6.18. The molecule has 0 bridgehead atoms. The monoisotopic (exact) mass is 276 g/mol. The summed E-state index contributed by atoms with van der Waals surface area (Å²) in [6.45, 7) is 3.86. The maximum absolute atomic E-state index is 11.7. The topological polar surface area (TPSA) is 105 Å². The van der Waals surface area contributed by atoms with Crippen LogP contribution in [0.2, 0.25) is 0 Å². The summed E-state index contributed by atoms with van der Waals surface area (Å²) >= 11 is 0. The first-order valence-corrected chi connectivity index (χ1v) is 5.80. The molecule has 0 spiro atoms.